The molecule has 1 heterocycles. The van der Waals surface area contributed by atoms with Gasteiger partial charge in [0.05, 0.1) is 35.9 Å². The van der Waals surface area contributed by atoms with E-state index in [9.17, 15) is 24.6 Å². The van der Waals surface area contributed by atoms with Gasteiger partial charge in [0.25, 0.3) is 11.7 Å². The molecule has 1 aliphatic heterocycles. The van der Waals surface area contributed by atoms with Crippen molar-refractivity contribution in [2.75, 3.05) is 13.7 Å². The molecule has 1 unspecified atom stereocenters. The number of phenolic OH excluding ortho intramolecular Hbond substituents is 1. The van der Waals surface area contributed by atoms with Crippen LogP contribution < -0.4 is 4.74 Å². The Hall–Kier alpha value is -4.30. The second-order valence-corrected chi connectivity index (χ2v) is 8.69. The van der Waals surface area contributed by atoms with Crippen LogP contribution in [0.2, 0.25) is 5.02 Å². The first-order valence-electron chi connectivity index (χ1n) is 11.4. The van der Waals surface area contributed by atoms with Gasteiger partial charge in [0.15, 0.2) is 0 Å². The number of nitrogens with zero attached hydrogens (tertiary/aromatic N) is 1. The number of benzene rings is 3. The Bertz CT molecular complexity index is 1400. The van der Waals surface area contributed by atoms with Crippen molar-refractivity contribution in [1.82, 2.24) is 4.90 Å². The van der Waals surface area contributed by atoms with Gasteiger partial charge in [-0.05, 0) is 60.5 Å². The highest BCUT2D eigenvalue weighted by Gasteiger charge is 2.46. The normalized spacial score (nSPS) is 16.6. The molecule has 4 rings (SSSR count). The van der Waals surface area contributed by atoms with E-state index in [0.717, 1.165) is 0 Å². The minimum absolute atomic E-state index is 0.00412. The third-order valence-electron chi connectivity index (χ3n) is 5.96. The number of aromatic hydroxyl groups is 1. The SMILES string of the molecule is CCOc1ccc(Cl)c(/C(O)=C2\C(=O)C(=O)N(Cc3ccc(C(=O)OC)cc3)C2c2cccc(O)c2)c1. The van der Waals surface area contributed by atoms with Gasteiger partial charge in [0, 0.05) is 12.1 Å². The number of aliphatic hydroxyl groups is 1. The fraction of sp³-hybridized carbons (Fsp3) is 0.179. The van der Waals surface area contributed by atoms with Gasteiger partial charge >= 0.3 is 5.97 Å². The zero-order valence-corrected chi connectivity index (χ0v) is 20.9. The maximum Gasteiger partial charge on any atom is 0.337 e. The number of esters is 1. The fourth-order valence-corrected chi connectivity index (χ4v) is 4.44. The van der Waals surface area contributed by atoms with E-state index in [1.54, 1.807) is 49.4 Å². The zero-order chi connectivity index (χ0) is 26.7. The summed E-state index contributed by atoms with van der Waals surface area (Å²) in [6.07, 6.45) is 0. The average Bonchev–Trinajstić information content (AvgIpc) is 3.14. The number of aliphatic hydroxyl groups excluding tert-OH is 1. The van der Waals surface area contributed by atoms with Crippen LogP contribution in [0.25, 0.3) is 5.76 Å². The van der Waals surface area contributed by atoms with Crippen molar-refractivity contribution >= 4 is 35.0 Å². The second-order valence-electron chi connectivity index (χ2n) is 8.29. The summed E-state index contributed by atoms with van der Waals surface area (Å²) in [5, 5.41) is 21.6. The van der Waals surface area contributed by atoms with Crippen LogP contribution in [0.15, 0.2) is 72.3 Å². The number of hydrogen-bond donors (Lipinski definition) is 2. The summed E-state index contributed by atoms with van der Waals surface area (Å²) in [7, 11) is 1.28. The molecular formula is C28H24ClNO7. The lowest BCUT2D eigenvalue weighted by Gasteiger charge is -2.25. The molecule has 8 nitrogen and oxygen atoms in total. The minimum Gasteiger partial charge on any atom is -0.508 e. The Morgan fingerprint density at radius 2 is 1.78 bits per heavy atom. The van der Waals surface area contributed by atoms with Gasteiger partial charge in [-0.1, -0.05) is 35.9 Å². The van der Waals surface area contributed by atoms with Crippen molar-refractivity contribution in [1.29, 1.82) is 0 Å². The highest BCUT2D eigenvalue weighted by atomic mass is 35.5. The van der Waals surface area contributed by atoms with E-state index in [-0.39, 0.29) is 28.5 Å². The lowest BCUT2D eigenvalue weighted by atomic mass is 9.95. The number of carbonyl (C=O) groups excluding carboxylic acids is 3. The molecule has 0 spiro atoms. The molecule has 1 saturated heterocycles. The molecule has 1 aliphatic rings. The predicted octanol–water partition coefficient (Wildman–Crippen LogP) is 4.85. The molecule has 0 bridgehead atoms. The van der Waals surface area contributed by atoms with Gasteiger partial charge in [-0.2, -0.15) is 0 Å². The van der Waals surface area contributed by atoms with Crippen molar-refractivity contribution in [3.05, 3.63) is 99.6 Å². The Kier molecular flexibility index (Phi) is 7.50. The first-order valence-corrected chi connectivity index (χ1v) is 11.8. The van der Waals surface area contributed by atoms with Gasteiger partial charge in [-0.15, -0.1) is 0 Å². The third kappa shape index (κ3) is 5.15. The van der Waals surface area contributed by atoms with Gasteiger partial charge in [-0.3, -0.25) is 9.59 Å². The number of ketones is 1. The van der Waals surface area contributed by atoms with E-state index >= 15 is 0 Å². The number of methoxy groups -OCH3 is 1. The number of rotatable bonds is 7. The van der Waals surface area contributed by atoms with Crippen LogP contribution in [-0.2, 0) is 20.9 Å². The molecule has 2 N–H and O–H groups in total. The molecule has 0 aromatic heterocycles. The number of hydrogen-bond acceptors (Lipinski definition) is 7. The number of ether oxygens (including phenoxy) is 2. The third-order valence-corrected chi connectivity index (χ3v) is 6.29. The predicted molar refractivity (Wildman–Crippen MR) is 136 cm³/mol. The maximum absolute atomic E-state index is 13.3. The monoisotopic (exact) mass is 521 g/mol. The van der Waals surface area contributed by atoms with Crippen LogP contribution in [0.1, 0.15) is 40.0 Å². The van der Waals surface area contributed by atoms with Gasteiger partial charge in [0.2, 0.25) is 0 Å². The Balaban J connectivity index is 1.83. The summed E-state index contributed by atoms with van der Waals surface area (Å²) in [6, 6.07) is 16.2. The van der Waals surface area contributed by atoms with Gasteiger partial charge in [0.1, 0.15) is 17.3 Å². The lowest BCUT2D eigenvalue weighted by Crippen LogP contribution is -2.29. The Labute approximate surface area is 218 Å². The zero-order valence-electron chi connectivity index (χ0n) is 20.1. The summed E-state index contributed by atoms with van der Waals surface area (Å²) in [5.74, 6) is -2.32. The number of Topliss-reactive ketones (excluding diaryl/α,β-unsaturated/α-hetero) is 1. The van der Waals surface area contributed by atoms with E-state index < -0.39 is 29.5 Å². The van der Waals surface area contributed by atoms with Crippen LogP contribution in [0.3, 0.4) is 0 Å². The number of likely N-dealkylation sites (tertiary alicyclic amines) is 1. The molecule has 0 aliphatic carbocycles. The number of carbonyl (C=O) groups is 3. The topological polar surface area (TPSA) is 113 Å². The van der Waals surface area contributed by atoms with Crippen molar-refractivity contribution < 1.29 is 34.1 Å². The standard InChI is InChI=1S/C28H24ClNO7/c1-3-37-20-11-12-22(29)21(14-20)25(32)23-24(18-5-4-6-19(31)13-18)30(27(34)26(23)33)15-16-7-9-17(10-8-16)28(35)36-2/h4-14,24,31-32H,3,15H2,1-2H3/b25-23+. The van der Waals surface area contributed by atoms with Crippen LogP contribution in [0.4, 0.5) is 0 Å². The van der Waals surface area contributed by atoms with E-state index in [0.29, 0.717) is 29.0 Å². The van der Waals surface area contributed by atoms with Crippen molar-refractivity contribution in [3.63, 3.8) is 0 Å². The maximum atomic E-state index is 13.3. The molecule has 190 valence electrons. The van der Waals surface area contributed by atoms with Gasteiger partial charge < -0.3 is 24.6 Å². The smallest absolute Gasteiger partial charge is 0.337 e. The van der Waals surface area contributed by atoms with Crippen molar-refractivity contribution in [2.24, 2.45) is 0 Å². The molecule has 1 amide bonds. The molecule has 37 heavy (non-hydrogen) atoms. The quantitative estimate of drug-likeness (QED) is 0.198. The first-order chi connectivity index (χ1) is 17.7. The van der Waals surface area contributed by atoms with Crippen LogP contribution >= 0.6 is 11.6 Å². The summed E-state index contributed by atoms with van der Waals surface area (Å²) >= 11 is 6.35. The summed E-state index contributed by atoms with van der Waals surface area (Å²) in [4.78, 5) is 39.6. The number of halogens is 1. The summed E-state index contributed by atoms with van der Waals surface area (Å²) in [5.41, 5.74) is 1.36. The van der Waals surface area contributed by atoms with E-state index in [1.807, 2.05) is 0 Å². The van der Waals surface area contributed by atoms with Crippen LogP contribution in [-0.4, -0.2) is 46.5 Å². The Morgan fingerprint density at radius 3 is 2.43 bits per heavy atom. The van der Waals surface area contributed by atoms with E-state index in [2.05, 4.69) is 0 Å². The van der Waals surface area contributed by atoms with Crippen LogP contribution in [0.5, 0.6) is 11.5 Å². The molecule has 0 radical (unpaired) electrons. The van der Waals surface area contributed by atoms with E-state index in [1.165, 1.54) is 36.3 Å². The largest absolute Gasteiger partial charge is 0.508 e. The average molecular weight is 522 g/mol. The van der Waals surface area contributed by atoms with Crippen molar-refractivity contribution in [3.8, 4) is 11.5 Å². The molecule has 9 heteroatoms. The molecule has 3 aromatic rings. The van der Waals surface area contributed by atoms with Crippen molar-refractivity contribution in [2.45, 2.75) is 19.5 Å². The second kappa shape index (κ2) is 10.8. The fourth-order valence-electron chi connectivity index (χ4n) is 4.23. The number of phenols is 1. The highest BCUT2D eigenvalue weighted by molar-refractivity contribution is 6.47. The van der Waals surface area contributed by atoms with Crippen LogP contribution in [0, 0.1) is 0 Å². The summed E-state index contributed by atoms with van der Waals surface area (Å²) < 4.78 is 10.2. The molecular weight excluding hydrogens is 498 g/mol. The molecule has 1 fully saturated rings. The van der Waals surface area contributed by atoms with Gasteiger partial charge in [-0.25, -0.2) is 4.79 Å². The van der Waals surface area contributed by atoms with E-state index in [4.69, 9.17) is 21.1 Å². The molecule has 1 atom stereocenters. The number of amides is 1. The highest BCUT2D eigenvalue weighted by Crippen LogP contribution is 2.42. The Morgan fingerprint density at radius 1 is 1.05 bits per heavy atom. The first kappa shape index (κ1) is 25.8. The summed E-state index contributed by atoms with van der Waals surface area (Å²) in [6.45, 7) is 2.18. The minimum atomic E-state index is -1.01. The molecule has 0 saturated carbocycles. The lowest BCUT2D eigenvalue weighted by molar-refractivity contribution is -0.140. The molecule has 3 aromatic carbocycles.